The van der Waals surface area contributed by atoms with E-state index in [0.717, 1.165) is 0 Å². The predicted octanol–water partition coefficient (Wildman–Crippen LogP) is 0.685. The number of nitrogens with zero attached hydrogens (tertiary/aromatic N) is 3. The average molecular weight is 284 g/mol. The molecule has 0 aromatic carbocycles. The van der Waals surface area contributed by atoms with Crippen molar-refractivity contribution in [2.75, 3.05) is 6.54 Å². The number of rotatable bonds is 7. The van der Waals surface area contributed by atoms with Gasteiger partial charge in [0.05, 0.1) is 11.0 Å². The highest BCUT2D eigenvalue weighted by Crippen LogP contribution is 2.21. The van der Waals surface area contributed by atoms with Gasteiger partial charge in [-0.05, 0) is 33.6 Å². The number of nitrogens with one attached hydrogen (secondary N) is 1. The summed E-state index contributed by atoms with van der Waals surface area (Å²) in [7, 11) is 0. The van der Waals surface area contributed by atoms with E-state index in [1.54, 1.807) is 20.8 Å². The molecule has 0 aliphatic rings. The van der Waals surface area contributed by atoms with E-state index in [1.807, 2.05) is 0 Å². The fourth-order valence-electron chi connectivity index (χ4n) is 1.92. The van der Waals surface area contributed by atoms with E-state index in [0.29, 0.717) is 30.8 Å². The van der Waals surface area contributed by atoms with Crippen LogP contribution in [0.5, 0.6) is 0 Å². The largest absolute Gasteiger partial charge is 0.393 e. The van der Waals surface area contributed by atoms with Gasteiger partial charge in [0, 0.05) is 6.54 Å². The summed E-state index contributed by atoms with van der Waals surface area (Å²) in [4.78, 5) is 22.0. The van der Waals surface area contributed by atoms with Crippen LogP contribution in [0.2, 0.25) is 0 Å². The summed E-state index contributed by atoms with van der Waals surface area (Å²) in [5, 5.41) is 26.6. The highest BCUT2D eigenvalue weighted by atomic mass is 16.6. The number of carbonyl (C=O) groups is 1. The van der Waals surface area contributed by atoms with E-state index in [4.69, 9.17) is 5.11 Å². The molecule has 1 aromatic rings. The molecule has 1 unspecified atom stereocenters. The van der Waals surface area contributed by atoms with Gasteiger partial charge < -0.3 is 10.4 Å². The smallest absolute Gasteiger partial charge is 0.312 e. The van der Waals surface area contributed by atoms with Crippen molar-refractivity contribution in [2.24, 2.45) is 0 Å². The normalized spacial score (nSPS) is 12.2. The van der Waals surface area contributed by atoms with Gasteiger partial charge in [0.15, 0.2) is 0 Å². The monoisotopic (exact) mass is 284 g/mol. The van der Waals surface area contributed by atoms with Crippen molar-refractivity contribution >= 4 is 11.6 Å². The number of carbonyl (C=O) groups excluding carboxylic acids is 1. The van der Waals surface area contributed by atoms with Crippen LogP contribution in [-0.4, -0.2) is 38.4 Å². The molecule has 0 spiro atoms. The minimum absolute atomic E-state index is 0.0464. The maximum absolute atomic E-state index is 11.7. The molecule has 0 aliphatic heterocycles. The lowest BCUT2D eigenvalue weighted by Crippen LogP contribution is -2.29. The summed E-state index contributed by atoms with van der Waals surface area (Å²) in [5.74, 6) is -0.254. The second-order valence-corrected chi connectivity index (χ2v) is 4.78. The van der Waals surface area contributed by atoms with E-state index in [9.17, 15) is 14.9 Å². The van der Waals surface area contributed by atoms with Crippen molar-refractivity contribution in [3.8, 4) is 0 Å². The molecule has 112 valence electrons. The minimum atomic E-state index is -0.491. The number of hydrogen-bond acceptors (Lipinski definition) is 5. The van der Waals surface area contributed by atoms with Crippen LogP contribution in [0.15, 0.2) is 0 Å². The van der Waals surface area contributed by atoms with Gasteiger partial charge in [-0.25, -0.2) is 0 Å². The molecule has 0 aliphatic carbocycles. The van der Waals surface area contributed by atoms with E-state index in [2.05, 4.69) is 10.4 Å². The van der Waals surface area contributed by atoms with Crippen LogP contribution in [0.1, 0.15) is 31.2 Å². The quantitative estimate of drug-likeness (QED) is 0.434. The Morgan fingerprint density at radius 1 is 1.55 bits per heavy atom. The number of hydrogen-bond donors (Lipinski definition) is 2. The van der Waals surface area contributed by atoms with Crippen LogP contribution < -0.4 is 5.32 Å². The summed E-state index contributed by atoms with van der Waals surface area (Å²) < 4.78 is 1.33. The Morgan fingerprint density at radius 3 is 2.70 bits per heavy atom. The zero-order valence-corrected chi connectivity index (χ0v) is 11.9. The summed E-state index contributed by atoms with van der Waals surface area (Å²) >= 11 is 0. The molecule has 1 amide bonds. The molecular formula is C12H20N4O4. The van der Waals surface area contributed by atoms with Gasteiger partial charge in [-0.15, -0.1) is 0 Å². The maximum atomic E-state index is 11.7. The van der Waals surface area contributed by atoms with Gasteiger partial charge in [0.2, 0.25) is 5.91 Å². The molecular weight excluding hydrogens is 264 g/mol. The lowest BCUT2D eigenvalue weighted by Gasteiger charge is -2.07. The number of amides is 1. The number of aromatic nitrogens is 2. The summed E-state index contributed by atoms with van der Waals surface area (Å²) in [6, 6.07) is 0. The first-order valence-electron chi connectivity index (χ1n) is 6.46. The van der Waals surface area contributed by atoms with Crippen LogP contribution in [0.25, 0.3) is 0 Å². The lowest BCUT2D eigenvalue weighted by atomic mass is 10.2. The first-order valence-corrected chi connectivity index (χ1v) is 6.46. The Kier molecular flexibility index (Phi) is 5.63. The maximum Gasteiger partial charge on any atom is 0.312 e. The molecule has 0 radical (unpaired) electrons. The molecule has 8 nitrogen and oxygen atoms in total. The van der Waals surface area contributed by atoms with Gasteiger partial charge >= 0.3 is 5.69 Å². The van der Waals surface area contributed by atoms with E-state index in [1.165, 1.54) is 4.68 Å². The fraction of sp³-hybridized carbons (Fsp3) is 0.667. The Hall–Kier alpha value is -1.96. The number of nitro groups is 1. The van der Waals surface area contributed by atoms with Crippen molar-refractivity contribution in [3.05, 3.63) is 21.5 Å². The highest BCUT2D eigenvalue weighted by molar-refractivity contribution is 5.75. The SMILES string of the molecule is Cc1nn(CC(=O)NCCCC(C)O)c(C)c1[N+](=O)[O-]. The van der Waals surface area contributed by atoms with Crippen molar-refractivity contribution < 1.29 is 14.8 Å². The topological polar surface area (TPSA) is 110 Å². The molecule has 1 aromatic heterocycles. The van der Waals surface area contributed by atoms with Gasteiger partial charge in [0.1, 0.15) is 17.9 Å². The Bertz CT molecular complexity index is 496. The predicted molar refractivity (Wildman–Crippen MR) is 72.3 cm³/mol. The molecule has 1 rings (SSSR count). The Balaban J connectivity index is 2.54. The Labute approximate surface area is 116 Å². The van der Waals surface area contributed by atoms with Gasteiger partial charge in [0.25, 0.3) is 0 Å². The van der Waals surface area contributed by atoms with Crippen LogP contribution in [0.3, 0.4) is 0 Å². The third kappa shape index (κ3) is 4.30. The first kappa shape index (κ1) is 16.1. The van der Waals surface area contributed by atoms with Gasteiger partial charge in [-0.2, -0.15) is 5.10 Å². The lowest BCUT2D eigenvalue weighted by molar-refractivity contribution is -0.386. The second kappa shape index (κ2) is 6.99. The molecule has 1 atom stereocenters. The molecule has 0 saturated carbocycles. The minimum Gasteiger partial charge on any atom is -0.393 e. The first-order chi connectivity index (χ1) is 9.32. The molecule has 2 N–H and O–H groups in total. The third-order valence-corrected chi connectivity index (χ3v) is 2.94. The third-order valence-electron chi connectivity index (χ3n) is 2.94. The van der Waals surface area contributed by atoms with Crippen LogP contribution in [-0.2, 0) is 11.3 Å². The van der Waals surface area contributed by atoms with E-state index < -0.39 is 4.92 Å². The zero-order chi connectivity index (χ0) is 15.3. The molecule has 20 heavy (non-hydrogen) atoms. The summed E-state index contributed by atoms with van der Waals surface area (Å²) in [6.07, 6.45) is 0.914. The van der Waals surface area contributed by atoms with Crippen molar-refractivity contribution in [2.45, 2.75) is 46.3 Å². The fourth-order valence-corrected chi connectivity index (χ4v) is 1.92. The molecule has 1 heterocycles. The average Bonchev–Trinajstić information content (AvgIpc) is 2.59. The van der Waals surface area contributed by atoms with E-state index >= 15 is 0 Å². The molecule has 0 saturated heterocycles. The standard InChI is InChI=1S/C12H20N4O4/c1-8(17)5-4-6-13-11(18)7-15-10(3)12(16(19)20)9(2)14-15/h8,17H,4-7H2,1-3H3,(H,13,18). The van der Waals surface area contributed by atoms with Gasteiger partial charge in [-0.1, -0.05) is 0 Å². The highest BCUT2D eigenvalue weighted by Gasteiger charge is 2.22. The number of aryl methyl sites for hydroxylation is 1. The van der Waals surface area contributed by atoms with E-state index in [-0.39, 0.29) is 24.2 Å². The molecule has 8 heteroatoms. The van der Waals surface area contributed by atoms with Crippen molar-refractivity contribution in [3.63, 3.8) is 0 Å². The zero-order valence-electron chi connectivity index (χ0n) is 11.9. The number of aliphatic hydroxyl groups is 1. The van der Waals surface area contributed by atoms with Crippen LogP contribution in [0.4, 0.5) is 5.69 Å². The second-order valence-electron chi connectivity index (χ2n) is 4.78. The molecule has 0 bridgehead atoms. The number of aliphatic hydroxyl groups excluding tert-OH is 1. The summed E-state index contributed by atoms with van der Waals surface area (Å²) in [5.41, 5.74) is 0.618. The van der Waals surface area contributed by atoms with Crippen LogP contribution in [0, 0.1) is 24.0 Å². The molecule has 0 fully saturated rings. The Morgan fingerprint density at radius 2 is 2.20 bits per heavy atom. The van der Waals surface area contributed by atoms with Crippen molar-refractivity contribution in [1.29, 1.82) is 0 Å². The van der Waals surface area contributed by atoms with Gasteiger partial charge in [-0.3, -0.25) is 19.6 Å². The summed E-state index contributed by atoms with van der Waals surface area (Å²) in [6.45, 7) is 5.22. The van der Waals surface area contributed by atoms with Crippen LogP contribution >= 0.6 is 0 Å². The van der Waals surface area contributed by atoms with Crippen molar-refractivity contribution in [1.82, 2.24) is 15.1 Å².